The molecule has 4 nitrogen and oxygen atoms in total. The third kappa shape index (κ3) is 3.40. The van der Waals surface area contributed by atoms with Gasteiger partial charge in [0.1, 0.15) is 10.8 Å². The first kappa shape index (κ1) is 15.3. The number of halogens is 2. The van der Waals surface area contributed by atoms with Crippen molar-refractivity contribution in [3.63, 3.8) is 0 Å². The lowest BCUT2D eigenvalue weighted by atomic mass is 10.2. The van der Waals surface area contributed by atoms with Gasteiger partial charge in [-0.05, 0) is 46.3 Å². The molecule has 3 rings (SSSR count). The summed E-state index contributed by atoms with van der Waals surface area (Å²) in [6.07, 6.45) is 1.79. The van der Waals surface area contributed by atoms with Crippen LogP contribution in [0.3, 0.4) is 0 Å². The molecule has 0 saturated heterocycles. The molecule has 0 unspecified atom stereocenters. The van der Waals surface area contributed by atoms with Crippen LogP contribution in [0.5, 0.6) is 5.75 Å². The van der Waals surface area contributed by atoms with Crippen molar-refractivity contribution in [1.29, 1.82) is 0 Å². The summed E-state index contributed by atoms with van der Waals surface area (Å²) >= 11 is 11.2. The molecular formula is C15H10BrClN2O2S. The van der Waals surface area contributed by atoms with Crippen LogP contribution in [0, 0.1) is 0 Å². The molecule has 1 aromatic carbocycles. The van der Waals surface area contributed by atoms with Crippen molar-refractivity contribution in [2.24, 2.45) is 0 Å². The van der Waals surface area contributed by atoms with E-state index in [1.165, 1.54) is 0 Å². The minimum absolute atomic E-state index is 0.281. The first-order chi connectivity index (χ1) is 10.7. The molecule has 0 spiro atoms. The monoisotopic (exact) mass is 396 g/mol. The van der Waals surface area contributed by atoms with E-state index in [1.807, 2.05) is 36.4 Å². The van der Waals surface area contributed by atoms with Crippen LogP contribution < -0.4 is 4.74 Å². The first-order valence-electron chi connectivity index (χ1n) is 6.27. The molecule has 112 valence electrons. The average Bonchev–Trinajstić information content (AvgIpc) is 3.16. The van der Waals surface area contributed by atoms with E-state index in [0.29, 0.717) is 10.9 Å². The molecular weight excluding hydrogens is 388 g/mol. The van der Waals surface area contributed by atoms with Crippen molar-refractivity contribution in [3.8, 4) is 17.1 Å². The lowest BCUT2D eigenvalue weighted by Gasteiger charge is -1.99. The predicted octanol–water partition coefficient (Wildman–Crippen LogP) is 5.31. The van der Waals surface area contributed by atoms with Crippen LogP contribution in [0.1, 0.15) is 10.8 Å². The maximum atomic E-state index is 6.24. The van der Waals surface area contributed by atoms with E-state index < -0.39 is 0 Å². The predicted molar refractivity (Wildman–Crippen MR) is 92.0 cm³/mol. The largest absolute Gasteiger partial charge is 0.497 e. The summed E-state index contributed by atoms with van der Waals surface area (Å²) in [6.45, 7) is 0. The standard InChI is InChI=1S/C15H10BrClN2O2S/c1-20-10-4-2-3-9(7-10)14-18-15(21-19-14)12(17)8-11-5-6-13(16)22-11/h2-8H,1H3/b12-8-. The highest BCUT2D eigenvalue weighted by molar-refractivity contribution is 9.11. The summed E-state index contributed by atoms with van der Waals surface area (Å²) in [5.74, 6) is 1.48. The molecule has 3 aromatic rings. The van der Waals surface area contributed by atoms with Crippen molar-refractivity contribution in [1.82, 2.24) is 10.1 Å². The fourth-order valence-corrected chi connectivity index (χ4v) is 3.42. The zero-order valence-corrected chi connectivity index (χ0v) is 14.6. The van der Waals surface area contributed by atoms with Gasteiger partial charge in [0.05, 0.1) is 10.9 Å². The van der Waals surface area contributed by atoms with E-state index in [2.05, 4.69) is 26.1 Å². The maximum absolute atomic E-state index is 6.24. The van der Waals surface area contributed by atoms with E-state index in [-0.39, 0.29) is 5.89 Å². The van der Waals surface area contributed by atoms with Gasteiger partial charge in [0.2, 0.25) is 5.82 Å². The van der Waals surface area contributed by atoms with E-state index in [4.69, 9.17) is 20.9 Å². The van der Waals surface area contributed by atoms with E-state index in [1.54, 1.807) is 24.5 Å². The first-order valence-corrected chi connectivity index (χ1v) is 8.25. The summed E-state index contributed by atoms with van der Waals surface area (Å²) in [7, 11) is 1.61. The van der Waals surface area contributed by atoms with Crippen molar-refractivity contribution in [2.75, 3.05) is 7.11 Å². The Morgan fingerprint density at radius 3 is 2.95 bits per heavy atom. The molecule has 0 radical (unpaired) electrons. The third-order valence-corrected chi connectivity index (χ3v) is 4.66. The van der Waals surface area contributed by atoms with Gasteiger partial charge in [0.15, 0.2) is 0 Å². The quantitative estimate of drug-likeness (QED) is 0.599. The van der Waals surface area contributed by atoms with E-state index in [9.17, 15) is 0 Å². The van der Waals surface area contributed by atoms with Gasteiger partial charge in [-0.1, -0.05) is 28.9 Å². The number of methoxy groups -OCH3 is 1. The van der Waals surface area contributed by atoms with Crippen LogP contribution in [-0.2, 0) is 0 Å². The Morgan fingerprint density at radius 2 is 2.23 bits per heavy atom. The molecule has 0 aliphatic carbocycles. The average molecular weight is 398 g/mol. The SMILES string of the molecule is COc1cccc(-c2noc(/C(Cl)=C/c3ccc(Br)s3)n2)c1. The number of nitrogens with zero attached hydrogens (tertiary/aromatic N) is 2. The minimum Gasteiger partial charge on any atom is -0.497 e. The fourth-order valence-electron chi connectivity index (χ4n) is 1.79. The van der Waals surface area contributed by atoms with Crippen LogP contribution in [0.15, 0.2) is 44.7 Å². The van der Waals surface area contributed by atoms with E-state index >= 15 is 0 Å². The number of hydrogen-bond donors (Lipinski definition) is 0. The molecule has 0 amide bonds. The Labute approximate surface area is 144 Å². The number of aromatic nitrogens is 2. The highest BCUT2D eigenvalue weighted by atomic mass is 79.9. The van der Waals surface area contributed by atoms with Gasteiger partial charge in [0.25, 0.3) is 5.89 Å². The maximum Gasteiger partial charge on any atom is 0.269 e. The molecule has 2 aromatic heterocycles. The third-order valence-electron chi connectivity index (χ3n) is 2.82. The number of benzene rings is 1. The number of hydrogen-bond acceptors (Lipinski definition) is 5. The smallest absolute Gasteiger partial charge is 0.269 e. The Bertz CT molecular complexity index is 828. The van der Waals surface area contributed by atoms with Gasteiger partial charge in [0, 0.05) is 10.4 Å². The normalized spacial score (nSPS) is 11.7. The van der Waals surface area contributed by atoms with Gasteiger partial charge in [-0.15, -0.1) is 11.3 Å². The number of ether oxygens (including phenoxy) is 1. The second kappa shape index (κ2) is 6.64. The fraction of sp³-hybridized carbons (Fsp3) is 0.0667. The second-order valence-corrected chi connectivity index (χ2v) is 7.19. The molecule has 22 heavy (non-hydrogen) atoms. The van der Waals surface area contributed by atoms with Crippen LogP contribution >= 0.6 is 38.9 Å². The lowest BCUT2D eigenvalue weighted by molar-refractivity contribution is 0.409. The molecule has 0 N–H and O–H groups in total. The Morgan fingerprint density at radius 1 is 1.36 bits per heavy atom. The minimum atomic E-state index is 0.281. The molecule has 0 bridgehead atoms. The Balaban J connectivity index is 1.88. The van der Waals surface area contributed by atoms with Gasteiger partial charge in [-0.3, -0.25) is 0 Å². The van der Waals surface area contributed by atoms with Crippen LogP contribution in [0.2, 0.25) is 0 Å². The molecule has 0 atom stereocenters. The van der Waals surface area contributed by atoms with Gasteiger partial charge < -0.3 is 9.26 Å². The van der Waals surface area contributed by atoms with Crippen LogP contribution in [0.25, 0.3) is 22.5 Å². The number of thiophene rings is 1. The summed E-state index contributed by atoms with van der Waals surface area (Å²) in [5, 5.41) is 4.36. The second-order valence-electron chi connectivity index (χ2n) is 4.29. The van der Waals surface area contributed by atoms with Crippen molar-refractivity contribution in [3.05, 3.63) is 51.0 Å². The zero-order valence-electron chi connectivity index (χ0n) is 11.4. The summed E-state index contributed by atoms with van der Waals surface area (Å²) in [5.41, 5.74) is 0.803. The summed E-state index contributed by atoms with van der Waals surface area (Å²) < 4.78 is 11.4. The van der Waals surface area contributed by atoms with Crippen LogP contribution in [0.4, 0.5) is 0 Å². The zero-order chi connectivity index (χ0) is 15.5. The molecule has 2 heterocycles. The van der Waals surface area contributed by atoms with Crippen LogP contribution in [-0.4, -0.2) is 17.3 Å². The molecule has 0 saturated carbocycles. The molecule has 0 aliphatic rings. The summed E-state index contributed by atoms with van der Waals surface area (Å²) in [6, 6.07) is 11.3. The van der Waals surface area contributed by atoms with Gasteiger partial charge in [-0.2, -0.15) is 4.98 Å². The van der Waals surface area contributed by atoms with Gasteiger partial charge in [-0.25, -0.2) is 0 Å². The molecule has 0 aliphatic heterocycles. The number of rotatable bonds is 4. The molecule has 0 fully saturated rings. The summed E-state index contributed by atoms with van der Waals surface area (Å²) in [4.78, 5) is 5.32. The highest BCUT2D eigenvalue weighted by Crippen LogP contribution is 2.29. The van der Waals surface area contributed by atoms with Gasteiger partial charge >= 0.3 is 0 Å². The van der Waals surface area contributed by atoms with E-state index in [0.717, 1.165) is 20.0 Å². The Kier molecular flexibility index (Phi) is 4.61. The van der Waals surface area contributed by atoms with Crippen molar-refractivity contribution < 1.29 is 9.26 Å². The molecule has 7 heteroatoms. The van der Waals surface area contributed by atoms with Crippen molar-refractivity contribution in [2.45, 2.75) is 0 Å². The topological polar surface area (TPSA) is 48.2 Å². The van der Waals surface area contributed by atoms with Crippen molar-refractivity contribution >= 4 is 50.0 Å². The Hall–Kier alpha value is -1.63. The lowest BCUT2D eigenvalue weighted by Crippen LogP contribution is -1.85. The highest BCUT2D eigenvalue weighted by Gasteiger charge is 2.12.